The van der Waals surface area contributed by atoms with Crippen molar-refractivity contribution >= 4 is 21.9 Å². The Morgan fingerprint density at radius 3 is 2.75 bits per heavy atom. The van der Waals surface area contributed by atoms with Crippen molar-refractivity contribution in [1.82, 2.24) is 19.1 Å². The van der Waals surface area contributed by atoms with Gasteiger partial charge in [0.2, 0.25) is 0 Å². The zero-order valence-corrected chi connectivity index (χ0v) is 15.4. The first-order chi connectivity index (χ1) is 13.7. The fraction of sp³-hybridized carbons (Fsp3) is 0.0870. The molecule has 0 aliphatic rings. The summed E-state index contributed by atoms with van der Waals surface area (Å²) >= 11 is 0. The summed E-state index contributed by atoms with van der Waals surface area (Å²) in [5.41, 5.74) is 5.42. The molecule has 0 spiro atoms. The minimum Gasteiger partial charge on any atom is -0.351 e. The molecule has 0 fully saturated rings. The number of nitrogens with zero attached hydrogens (tertiary/aromatic N) is 4. The summed E-state index contributed by atoms with van der Waals surface area (Å²) in [4.78, 5) is 21.2. The summed E-state index contributed by atoms with van der Waals surface area (Å²) in [7, 11) is 2.05. The molecule has 0 atom stereocenters. The first-order valence-corrected chi connectivity index (χ1v) is 9.14. The Hall–Kier alpha value is -3.73. The van der Waals surface area contributed by atoms with Gasteiger partial charge in [-0.2, -0.15) is 0 Å². The van der Waals surface area contributed by atoms with E-state index in [-0.39, 0.29) is 5.56 Å². The standard InChI is InChI=1S/C23H18N4O/c1-26-11-9-17-7-8-19(13-21(17)26)18-5-2-4-16(12-18)14-27-15-25-20-6-3-10-24-22(20)23(27)28/h2-13,15H,14H2,1H3. The van der Waals surface area contributed by atoms with Crippen LogP contribution in [0.15, 0.2) is 84.2 Å². The number of rotatable bonds is 3. The Bertz CT molecular complexity index is 1380. The van der Waals surface area contributed by atoms with E-state index >= 15 is 0 Å². The highest BCUT2D eigenvalue weighted by molar-refractivity contribution is 5.85. The van der Waals surface area contributed by atoms with Crippen LogP contribution in [0.5, 0.6) is 0 Å². The lowest BCUT2D eigenvalue weighted by Gasteiger charge is -2.09. The Labute approximate surface area is 161 Å². The third kappa shape index (κ3) is 2.77. The van der Waals surface area contributed by atoms with E-state index in [0.717, 1.165) is 16.7 Å². The topological polar surface area (TPSA) is 52.7 Å². The van der Waals surface area contributed by atoms with Crippen LogP contribution in [-0.2, 0) is 13.6 Å². The van der Waals surface area contributed by atoms with Crippen LogP contribution in [-0.4, -0.2) is 19.1 Å². The summed E-state index contributed by atoms with van der Waals surface area (Å²) < 4.78 is 3.73. The molecule has 0 saturated carbocycles. The number of fused-ring (bicyclic) bond motifs is 2. The quantitative estimate of drug-likeness (QED) is 0.485. The van der Waals surface area contributed by atoms with Gasteiger partial charge in [0, 0.05) is 25.0 Å². The van der Waals surface area contributed by atoms with Crippen LogP contribution in [0, 0.1) is 0 Å². The van der Waals surface area contributed by atoms with E-state index in [4.69, 9.17) is 0 Å². The van der Waals surface area contributed by atoms with E-state index in [1.807, 2.05) is 12.1 Å². The average Bonchev–Trinajstić information content (AvgIpc) is 3.11. The Balaban J connectivity index is 1.53. The van der Waals surface area contributed by atoms with E-state index in [1.54, 1.807) is 29.2 Å². The Morgan fingerprint density at radius 2 is 1.82 bits per heavy atom. The van der Waals surface area contributed by atoms with Crippen molar-refractivity contribution in [3.05, 3.63) is 95.3 Å². The maximum atomic E-state index is 12.7. The number of benzene rings is 2. The van der Waals surface area contributed by atoms with Gasteiger partial charge in [-0.15, -0.1) is 0 Å². The minimum absolute atomic E-state index is 0.124. The summed E-state index contributed by atoms with van der Waals surface area (Å²) in [6.45, 7) is 0.457. The van der Waals surface area contributed by atoms with E-state index in [1.165, 1.54) is 10.9 Å². The van der Waals surface area contributed by atoms with Crippen molar-refractivity contribution < 1.29 is 0 Å². The highest BCUT2D eigenvalue weighted by Gasteiger charge is 2.07. The summed E-state index contributed by atoms with van der Waals surface area (Å²) in [6.07, 6.45) is 5.28. The highest BCUT2D eigenvalue weighted by atomic mass is 16.1. The number of hydrogen-bond acceptors (Lipinski definition) is 3. The lowest BCUT2D eigenvalue weighted by atomic mass is 10.0. The molecule has 5 rings (SSSR count). The Morgan fingerprint density at radius 1 is 0.929 bits per heavy atom. The molecular formula is C23H18N4O. The van der Waals surface area contributed by atoms with Crippen LogP contribution in [0.3, 0.4) is 0 Å². The van der Waals surface area contributed by atoms with Crippen molar-refractivity contribution in [2.45, 2.75) is 6.54 Å². The molecule has 136 valence electrons. The van der Waals surface area contributed by atoms with Gasteiger partial charge in [0.25, 0.3) is 5.56 Å². The molecular weight excluding hydrogens is 348 g/mol. The zero-order chi connectivity index (χ0) is 19.1. The third-order valence-electron chi connectivity index (χ3n) is 5.09. The van der Waals surface area contributed by atoms with Crippen LogP contribution in [0.25, 0.3) is 33.1 Å². The van der Waals surface area contributed by atoms with Gasteiger partial charge in [-0.25, -0.2) is 9.97 Å². The number of hydrogen-bond donors (Lipinski definition) is 0. The molecule has 2 aromatic carbocycles. The molecule has 5 nitrogen and oxygen atoms in total. The Kier molecular flexibility index (Phi) is 3.79. The number of aromatic nitrogens is 4. The normalized spacial score (nSPS) is 11.3. The summed E-state index contributed by atoms with van der Waals surface area (Å²) in [6, 6.07) is 20.4. The smallest absolute Gasteiger partial charge is 0.280 e. The van der Waals surface area contributed by atoms with Crippen molar-refractivity contribution in [1.29, 1.82) is 0 Å². The maximum Gasteiger partial charge on any atom is 0.280 e. The third-order valence-corrected chi connectivity index (χ3v) is 5.09. The van der Waals surface area contributed by atoms with Crippen molar-refractivity contribution in [3.63, 3.8) is 0 Å². The molecule has 0 amide bonds. The van der Waals surface area contributed by atoms with Crippen molar-refractivity contribution in [2.75, 3.05) is 0 Å². The first kappa shape index (κ1) is 16.4. The predicted octanol–water partition coefficient (Wildman–Crippen LogP) is 4.00. The van der Waals surface area contributed by atoms with Crippen LogP contribution in [0.4, 0.5) is 0 Å². The molecule has 5 heteroatoms. The lowest BCUT2D eigenvalue weighted by molar-refractivity contribution is 0.746. The van der Waals surface area contributed by atoms with Gasteiger partial charge >= 0.3 is 0 Å². The second kappa shape index (κ2) is 6.46. The number of aryl methyl sites for hydroxylation is 1. The van der Waals surface area contributed by atoms with Gasteiger partial charge in [0.15, 0.2) is 5.52 Å². The van der Waals surface area contributed by atoms with Crippen LogP contribution in [0.2, 0.25) is 0 Å². The highest BCUT2D eigenvalue weighted by Crippen LogP contribution is 2.25. The summed E-state index contributed by atoms with van der Waals surface area (Å²) in [5, 5.41) is 1.23. The number of pyridine rings is 1. The molecule has 0 N–H and O–H groups in total. The van der Waals surface area contributed by atoms with Gasteiger partial charge < -0.3 is 4.57 Å². The van der Waals surface area contributed by atoms with Crippen LogP contribution < -0.4 is 5.56 Å². The molecule has 3 heterocycles. The molecule has 0 aliphatic carbocycles. The second-order valence-electron chi connectivity index (χ2n) is 6.95. The van der Waals surface area contributed by atoms with Crippen LogP contribution >= 0.6 is 0 Å². The van der Waals surface area contributed by atoms with Crippen molar-refractivity contribution in [3.8, 4) is 11.1 Å². The van der Waals surface area contributed by atoms with Gasteiger partial charge in [0.05, 0.1) is 18.4 Å². The average molecular weight is 366 g/mol. The van der Waals surface area contributed by atoms with E-state index < -0.39 is 0 Å². The lowest BCUT2D eigenvalue weighted by Crippen LogP contribution is -2.21. The molecule has 0 radical (unpaired) electrons. The fourth-order valence-electron chi connectivity index (χ4n) is 3.59. The first-order valence-electron chi connectivity index (χ1n) is 9.14. The van der Waals surface area contributed by atoms with Gasteiger partial charge in [-0.1, -0.05) is 30.3 Å². The van der Waals surface area contributed by atoms with Gasteiger partial charge in [-0.05, 0) is 52.4 Å². The molecule has 28 heavy (non-hydrogen) atoms. The SMILES string of the molecule is Cn1ccc2ccc(-c3cccc(Cn4cnc5cccnc5c4=O)c3)cc21. The molecule has 0 saturated heterocycles. The van der Waals surface area contributed by atoms with E-state index in [0.29, 0.717) is 17.6 Å². The van der Waals surface area contributed by atoms with E-state index in [9.17, 15) is 4.79 Å². The summed E-state index contributed by atoms with van der Waals surface area (Å²) in [5.74, 6) is 0. The maximum absolute atomic E-state index is 12.7. The van der Waals surface area contributed by atoms with Gasteiger partial charge in [0.1, 0.15) is 0 Å². The van der Waals surface area contributed by atoms with Crippen molar-refractivity contribution in [2.24, 2.45) is 7.05 Å². The molecule has 0 unspecified atom stereocenters. The monoisotopic (exact) mass is 366 g/mol. The molecule has 3 aromatic heterocycles. The van der Waals surface area contributed by atoms with Gasteiger partial charge in [-0.3, -0.25) is 9.36 Å². The zero-order valence-electron chi connectivity index (χ0n) is 15.4. The molecule has 5 aromatic rings. The molecule has 0 aliphatic heterocycles. The molecule has 0 bridgehead atoms. The van der Waals surface area contributed by atoms with E-state index in [2.05, 4.69) is 64.2 Å². The second-order valence-corrected chi connectivity index (χ2v) is 6.95. The largest absolute Gasteiger partial charge is 0.351 e. The van der Waals surface area contributed by atoms with Crippen LogP contribution in [0.1, 0.15) is 5.56 Å². The predicted molar refractivity (Wildman–Crippen MR) is 111 cm³/mol. The fourth-order valence-corrected chi connectivity index (χ4v) is 3.59. The minimum atomic E-state index is -0.124.